The summed E-state index contributed by atoms with van der Waals surface area (Å²) in [7, 11) is -4.17. The van der Waals surface area contributed by atoms with Crippen LogP contribution in [0.2, 0.25) is 0 Å². The average molecular weight is 194 g/mol. The van der Waals surface area contributed by atoms with Crippen LogP contribution in [0.3, 0.4) is 0 Å². The molecule has 0 aromatic carbocycles. The second-order valence-corrected chi connectivity index (χ2v) is 2.97. The Bertz CT molecular complexity index is 217. The van der Waals surface area contributed by atoms with Crippen LogP contribution in [0.15, 0.2) is 0 Å². The van der Waals surface area contributed by atoms with E-state index in [4.69, 9.17) is 4.55 Å². The molecule has 0 amide bonds. The Hall–Kier alpha value is 0.146. The zero-order valence-corrected chi connectivity index (χ0v) is 8.34. The molecule has 1 N–H and O–H groups in total. The van der Waals surface area contributed by atoms with Crippen molar-refractivity contribution in [2.75, 3.05) is 5.94 Å². The molecule has 0 fully saturated rings. The Kier molecular flexibility index (Phi) is 7.17. The molecule has 0 unspecified atom stereocenters. The van der Waals surface area contributed by atoms with E-state index in [1.54, 1.807) is 0 Å². The van der Waals surface area contributed by atoms with Crippen molar-refractivity contribution in [3.05, 3.63) is 0 Å². The number of hydrogen-bond acceptors (Lipinski definition) is 4. The molecule has 0 saturated heterocycles. The van der Waals surface area contributed by atoms with Crippen LogP contribution in [0.25, 0.3) is 0 Å². The quantitative estimate of drug-likeness (QED) is 0.377. The second-order valence-electron chi connectivity index (χ2n) is 1.57. The summed E-state index contributed by atoms with van der Waals surface area (Å²) in [6.45, 7) is 1.52. The van der Waals surface area contributed by atoms with Gasteiger partial charge in [0.25, 0.3) is 0 Å². The minimum absolute atomic E-state index is 0. The molecule has 0 radical (unpaired) electrons. The largest absolute Gasteiger partial charge is 2.00 e. The average Bonchev–Trinajstić information content (AvgIpc) is 1.81. The van der Waals surface area contributed by atoms with Crippen LogP contribution < -0.4 is 0 Å². The van der Waals surface area contributed by atoms with Gasteiger partial charge in [-0.15, -0.1) is 0 Å². The minimum atomic E-state index is -4.17. The van der Waals surface area contributed by atoms with Crippen molar-refractivity contribution in [1.29, 1.82) is 0 Å². The van der Waals surface area contributed by atoms with Crippen LogP contribution in [0.4, 0.5) is 0 Å². The van der Waals surface area contributed by atoms with Gasteiger partial charge in [0.1, 0.15) is 0 Å². The third kappa shape index (κ3) is 10.1. The first-order valence-corrected chi connectivity index (χ1v) is 4.17. The summed E-state index contributed by atoms with van der Waals surface area (Å²) in [6, 6.07) is 0. The normalized spacial score (nSPS) is 10.0. The maximum absolute atomic E-state index is 10.3. The van der Waals surface area contributed by atoms with E-state index in [0.29, 0.717) is 0 Å². The zero-order valence-electron chi connectivity index (χ0n) is 8.11. The van der Waals surface area contributed by atoms with Crippen LogP contribution >= 0.6 is 0 Å². The monoisotopic (exact) mass is 194 g/mol. The summed E-state index contributed by atoms with van der Waals surface area (Å²) < 4.78 is 32.0. The first-order chi connectivity index (χ1) is 4.45. The number of ether oxygens (including phenoxy) is 1. The van der Waals surface area contributed by atoms with E-state index in [0.717, 1.165) is 0 Å². The van der Waals surface area contributed by atoms with Gasteiger partial charge >= 0.3 is 39.1 Å². The second kappa shape index (κ2) is 5.75. The standard InChI is InChI=1S/C4H8O5S.Mg.2H/c1-2-4(5)9-3-10(6,7)8;;;/h2-3H2,1H3,(H,6,7,8);;;/q;+2;2*-1. The van der Waals surface area contributed by atoms with Gasteiger partial charge in [-0.05, 0) is 0 Å². The molecule has 0 aromatic heterocycles. The number of carbonyl (C=O) groups excluding carboxylic acids is 1. The van der Waals surface area contributed by atoms with Gasteiger partial charge in [0, 0.05) is 6.42 Å². The van der Waals surface area contributed by atoms with Crippen LogP contribution in [0, 0.1) is 0 Å². The Balaban J connectivity index is -0.000000135. The van der Waals surface area contributed by atoms with Gasteiger partial charge in [0.2, 0.25) is 5.94 Å². The topological polar surface area (TPSA) is 80.7 Å². The third-order valence-corrected chi connectivity index (χ3v) is 1.07. The molecular weight excluding hydrogens is 184 g/mol. The smallest absolute Gasteiger partial charge is 1.00 e. The molecule has 0 rings (SSSR count). The summed E-state index contributed by atoms with van der Waals surface area (Å²) in [6.07, 6.45) is 0.0928. The fourth-order valence-electron chi connectivity index (χ4n) is 0.242. The van der Waals surface area contributed by atoms with Crippen LogP contribution in [-0.4, -0.2) is 47.9 Å². The van der Waals surface area contributed by atoms with Crippen LogP contribution in [0.5, 0.6) is 0 Å². The predicted molar refractivity (Wildman–Crippen MR) is 40.8 cm³/mol. The molecule has 5 nitrogen and oxygen atoms in total. The maximum atomic E-state index is 10.3. The number of rotatable bonds is 3. The maximum Gasteiger partial charge on any atom is 2.00 e. The van der Waals surface area contributed by atoms with Crippen molar-refractivity contribution in [3.63, 3.8) is 0 Å². The molecule has 0 spiro atoms. The Morgan fingerprint density at radius 1 is 1.64 bits per heavy atom. The Morgan fingerprint density at radius 3 is 2.36 bits per heavy atom. The fourth-order valence-corrected chi connectivity index (χ4v) is 0.523. The number of esters is 1. The molecule has 0 heterocycles. The van der Waals surface area contributed by atoms with Gasteiger partial charge in [-0.1, -0.05) is 6.92 Å². The molecule has 0 bridgehead atoms. The summed E-state index contributed by atoms with van der Waals surface area (Å²) in [4.78, 5) is 10.3. The van der Waals surface area contributed by atoms with E-state index >= 15 is 0 Å². The van der Waals surface area contributed by atoms with Crippen molar-refractivity contribution in [3.8, 4) is 0 Å². The van der Waals surface area contributed by atoms with Gasteiger partial charge in [-0.3, -0.25) is 9.35 Å². The van der Waals surface area contributed by atoms with Crippen molar-refractivity contribution >= 4 is 39.1 Å². The molecule has 0 aliphatic heterocycles. The number of carbonyl (C=O) groups is 1. The molecule has 0 aromatic rings. The molecule has 0 atom stereocenters. The predicted octanol–water partition coefficient (Wildman–Crippen LogP) is -0.371. The first-order valence-electron chi connectivity index (χ1n) is 2.56. The molecular formula is C4H10MgO5S. The van der Waals surface area contributed by atoms with E-state index in [1.807, 2.05) is 0 Å². The zero-order chi connectivity index (χ0) is 8.20. The molecule has 0 aliphatic rings. The third-order valence-electron chi connectivity index (χ3n) is 0.658. The van der Waals surface area contributed by atoms with Gasteiger partial charge in [0.05, 0.1) is 0 Å². The SMILES string of the molecule is CCC(=O)OCS(=O)(=O)O.[H-].[H-].[Mg+2]. The van der Waals surface area contributed by atoms with Gasteiger partial charge in [-0.25, -0.2) is 0 Å². The van der Waals surface area contributed by atoms with Crippen molar-refractivity contribution in [2.24, 2.45) is 0 Å². The van der Waals surface area contributed by atoms with E-state index in [-0.39, 0.29) is 32.3 Å². The Labute approximate surface area is 84.0 Å². The molecule has 64 valence electrons. The Morgan fingerprint density at radius 2 is 2.09 bits per heavy atom. The van der Waals surface area contributed by atoms with Crippen molar-refractivity contribution in [2.45, 2.75) is 13.3 Å². The van der Waals surface area contributed by atoms with Crippen molar-refractivity contribution < 1.29 is 25.4 Å². The van der Waals surface area contributed by atoms with Gasteiger partial charge in [0.15, 0.2) is 0 Å². The molecule has 0 saturated carbocycles. The summed E-state index contributed by atoms with van der Waals surface area (Å²) in [5, 5.41) is 0. The minimum Gasteiger partial charge on any atom is -1.00 e. The molecule has 7 heteroatoms. The van der Waals surface area contributed by atoms with Gasteiger partial charge < -0.3 is 7.59 Å². The molecule has 11 heavy (non-hydrogen) atoms. The van der Waals surface area contributed by atoms with Crippen LogP contribution in [0.1, 0.15) is 16.2 Å². The van der Waals surface area contributed by atoms with Gasteiger partial charge in [-0.2, -0.15) is 8.42 Å². The van der Waals surface area contributed by atoms with E-state index in [2.05, 4.69) is 4.74 Å². The van der Waals surface area contributed by atoms with E-state index in [9.17, 15) is 13.2 Å². The molecule has 0 aliphatic carbocycles. The van der Waals surface area contributed by atoms with E-state index < -0.39 is 22.0 Å². The summed E-state index contributed by atoms with van der Waals surface area (Å²) in [5.41, 5.74) is 0. The van der Waals surface area contributed by atoms with Crippen LogP contribution in [-0.2, 0) is 19.6 Å². The fraction of sp³-hybridized carbons (Fsp3) is 0.750. The summed E-state index contributed by atoms with van der Waals surface area (Å²) >= 11 is 0. The van der Waals surface area contributed by atoms with Crippen molar-refractivity contribution in [1.82, 2.24) is 0 Å². The van der Waals surface area contributed by atoms with E-state index in [1.165, 1.54) is 6.92 Å². The first kappa shape index (κ1) is 13.7. The summed E-state index contributed by atoms with van der Waals surface area (Å²) in [5.74, 6) is -1.61. The number of hydrogen-bond donors (Lipinski definition) is 1.